The fourth-order valence-electron chi connectivity index (χ4n) is 3.73. The average molecular weight is 424 g/mol. The second-order valence-electron chi connectivity index (χ2n) is 7.65. The first-order chi connectivity index (χ1) is 15.6. The van der Waals surface area contributed by atoms with Gasteiger partial charge in [0.25, 0.3) is 0 Å². The molecule has 0 saturated heterocycles. The molecule has 0 aliphatic heterocycles. The molecular weight excluding hydrogens is 398 g/mol. The number of pyridine rings is 1. The molecule has 0 bridgehead atoms. The molecule has 0 saturated carbocycles. The second kappa shape index (κ2) is 9.48. The van der Waals surface area contributed by atoms with Crippen molar-refractivity contribution in [3.05, 3.63) is 107 Å². The van der Waals surface area contributed by atoms with Gasteiger partial charge in [0.05, 0.1) is 18.4 Å². The van der Waals surface area contributed by atoms with Gasteiger partial charge >= 0.3 is 5.97 Å². The summed E-state index contributed by atoms with van der Waals surface area (Å²) in [5, 5.41) is 0. The van der Waals surface area contributed by atoms with Crippen LogP contribution in [0.2, 0.25) is 0 Å². The number of aryl methyl sites for hydroxylation is 2. The van der Waals surface area contributed by atoms with Gasteiger partial charge in [0, 0.05) is 6.20 Å². The molecule has 4 rings (SSSR count). The van der Waals surface area contributed by atoms with Crippen LogP contribution in [0.25, 0.3) is 22.3 Å². The molecule has 0 fully saturated rings. The van der Waals surface area contributed by atoms with E-state index in [1.165, 1.54) is 7.11 Å². The standard InChI is InChI=1S/C28H25NO3/c1-19-9-4-5-11-24(19)21-15-22(25-12-6-7-13-26(25)28(30)31-3)17-23(16-21)32-18-27-20(2)10-8-14-29-27/h4-17H,18H2,1-3H3. The number of benzene rings is 3. The van der Waals surface area contributed by atoms with E-state index in [0.29, 0.717) is 17.9 Å². The highest BCUT2D eigenvalue weighted by Crippen LogP contribution is 2.34. The van der Waals surface area contributed by atoms with Gasteiger partial charge in [0.15, 0.2) is 0 Å². The van der Waals surface area contributed by atoms with Gasteiger partial charge in [-0.15, -0.1) is 0 Å². The first-order valence-corrected chi connectivity index (χ1v) is 10.5. The third-order valence-corrected chi connectivity index (χ3v) is 5.50. The maximum Gasteiger partial charge on any atom is 0.338 e. The molecule has 1 heterocycles. The van der Waals surface area contributed by atoms with Gasteiger partial charge in [-0.25, -0.2) is 4.79 Å². The van der Waals surface area contributed by atoms with E-state index < -0.39 is 0 Å². The summed E-state index contributed by atoms with van der Waals surface area (Å²) in [5.74, 6) is 0.346. The first-order valence-electron chi connectivity index (χ1n) is 10.5. The Morgan fingerprint density at radius 3 is 2.19 bits per heavy atom. The summed E-state index contributed by atoms with van der Waals surface area (Å²) < 4.78 is 11.2. The Kier molecular flexibility index (Phi) is 6.31. The van der Waals surface area contributed by atoms with Crippen LogP contribution in [0.4, 0.5) is 0 Å². The van der Waals surface area contributed by atoms with Crippen molar-refractivity contribution < 1.29 is 14.3 Å². The van der Waals surface area contributed by atoms with Crippen LogP contribution in [0.5, 0.6) is 5.75 Å². The van der Waals surface area contributed by atoms with Crippen LogP contribution in [-0.2, 0) is 11.3 Å². The van der Waals surface area contributed by atoms with Crippen LogP contribution in [0.3, 0.4) is 0 Å². The van der Waals surface area contributed by atoms with Crippen molar-refractivity contribution in [2.24, 2.45) is 0 Å². The highest BCUT2D eigenvalue weighted by atomic mass is 16.5. The van der Waals surface area contributed by atoms with E-state index in [1.807, 2.05) is 61.5 Å². The van der Waals surface area contributed by atoms with E-state index in [4.69, 9.17) is 9.47 Å². The van der Waals surface area contributed by atoms with Crippen molar-refractivity contribution in [3.8, 4) is 28.0 Å². The molecule has 3 aromatic carbocycles. The van der Waals surface area contributed by atoms with Gasteiger partial charge in [-0.05, 0) is 77.6 Å². The number of hydrogen-bond donors (Lipinski definition) is 0. The van der Waals surface area contributed by atoms with E-state index >= 15 is 0 Å². The van der Waals surface area contributed by atoms with E-state index in [9.17, 15) is 4.79 Å². The minimum atomic E-state index is -0.367. The Morgan fingerprint density at radius 1 is 0.812 bits per heavy atom. The summed E-state index contributed by atoms with van der Waals surface area (Å²) in [6, 6.07) is 25.7. The SMILES string of the molecule is COC(=O)c1ccccc1-c1cc(OCc2ncccc2C)cc(-c2ccccc2C)c1. The summed E-state index contributed by atoms with van der Waals surface area (Å²) in [6.07, 6.45) is 1.77. The summed E-state index contributed by atoms with van der Waals surface area (Å²) in [6.45, 7) is 4.47. The quantitative estimate of drug-likeness (QED) is 0.337. The molecule has 4 aromatic rings. The van der Waals surface area contributed by atoms with Gasteiger partial charge in [0.2, 0.25) is 0 Å². The lowest BCUT2D eigenvalue weighted by Gasteiger charge is -2.15. The number of methoxy groups -OCH3 is 1. The minimum absolute atomic E-state index is 0.363. The van der Waals surface area contributed by atoms with Gasteiger partial charge in [-0.1, -0.05) is 48.5 Å². The Balaban J connectivity index is 1.81. The normalized spacial score (nSPS) is 10.6. The van der Waals surface area contributed by atoms with Crippen LogP contribution in [0, 0.1) is 13.8 Å². The molecule has 0 aliphatic carbocycles. The molecule has 0 amide bonds. The zero-order valence-corrected chi connectivity index (χ0v) is 18.5. The van der Waals surface area contributed by atoms with Crippen LogP contribution in [-0.4, -0.2) is 18.1 Å². The lowest BCUT2D eigenvalue weighted by atomic mass is 9.94. The topological polar surface area (TPSA) is 48.4 Å². The molecule has 0 atom stereocenters. The third-order valence-electron chi connectivity index (χ3n) is 5.50. The molecule has 32 heavy (non-hydrogen) atoms. The molecule has 4 heteroatoms. The van der Waals surface area contributed by atoms with Gasteiger partial charge < -0.3 is 9.47 Å². The van der Waals surface area contributed by atoms with Crippen LogP contribution < -0.4 is 4.74 Å². The number of rotatable bonds is 6. The second-order valence-corrected chi connectivity index (χ2v) is 7.65. The predicted molar refractivity (Wildman–Crippen MR) is 127 cm³/mol. The van der Waals surface area contributed by atoms with Crippen molar-refractivity contribution in [1.82, 2.24) is 4.98 Å². The van der Waals surface area contributed by atoms with Crippen molar-refractivity contribution in [1.29, 1.82) is 0 Å². The summed E-state index contributed by atoms with van der Waals surface area (Å²) in [7, 11) is 1.40. The number of carbonyl (C=O) groups is 1. The maximum absolute atomic E-state index is 12.4. The van der Waals surface area contributed by atoms with E-state index in [0.717, 1.165) is 39.1 Å². The number of esters is 1. The molecular formula is C28H25NO3. The Hall–Kier alpha value is -3.92. The molecule has 0 radical (unpaired) electrons. The van der Waals surface area contributed by atoms with Gasteiger partial charge in [0.1, 0.15) is 12.4 Å². The van der Waals surface area contributed by atoms with E-state index in [-0.39, 0.29) is 5.97 Å². The minimum Gasteiger partial charge on any atom is -0.487 e. The Morgan fingerprint density at radius 2 is 1.47 bits per heavy atom. The van der Waals surface area contributed by atoms with Crippen molar-refractivity contribution in [2.75, 3.05) is 7.11 Å². The summed E-state index contributed by atoms with van der Waals surface area (Å²) >= 11 is 0. The Labute approximate surface area is 188 Å². The zero-order chi connectivity index (χ0) is 22.5. The fraction of sp³-hybridized carbons (Fsp3) is 0.143. The maximum atomic E-state index is 12.4. The van der Waals surface area contributed by atoms with Crippen molar-refractivity contribution in [3.63, 3.8) is 0 Å². The molecule has 1 aromatic heterocycles. The fourth-order valence-corrected chi connectivity index (χ4v) is 3.73. The molecule has 160 valence electrons. The smallest absolute Gasteiger partial charge is 0.338 e. The molecule has 0 N–H and O–H groups in total. The number of carbonyl (C=O) groups excluding carboxylic acids is 1. The highest BCUT2D eigenvalue weighted by Gasteiger charge is 2.15. The number of nitrogens with zero attached hydrogens (tertiary/aromatic N) is 1. The van der Waals surface area contributed by atoms with E-state index in [2.05, 4.69) is 30.1 Å². The summed E-state index contributed by atoms with van der Waals surface area (Å²) in [5.41, 5.74) is 7.48. The molecule has 0 aliphatic rings. The zero-order valence-electron chi connectivity index (χ0n) is 18.5. The highest BCUT2D eigenvalue weighted by molar-refractivity contribution is 5.97. The van der Waals surface area contributed by atoms with Crippen LogP contribution in [0.1, 0.15) is 27.2 Å². The van der Waals surface area contributed by atoms with Crippen LogP contribution in [0.15, 0.2) is 85.1 Å². The molecule has 4 nitrogen and oxygen atoms in total. The number of hydrogen-bond acceptors (Lipinski definition) is 4. The van der Waals surface area contributed by atoms with Crippen molar-refractivity contribution in [2.45, 2.75) is 20.5 Å². The largest absolute Gasteiger partial charge is 0.487 e. The molecule has 0 spiro atoms. The monoisotopic (exact) mass is 423 g/mol. The summed E-state index contributed by atoms with van der Waals surface area (Å²) in [4.78, 5) is 16.8. The number of ether oxygens (including phenoxy) is 2. The first kappa shape index (κ1) is 21.3. The lowest BCUT2D eigenvalue weighted by molar-refractivity contribution is 0.0601. The molecule has 0 unspecified atom stereocenters. The lowest BCUT2D eigenvalue weighted by Crippen LogP contribution is -2.04. The van der Waals surface area contributed by atoms with Gasteiger partial charge in [-0.3, -0.25) is 4.98 Å². The van der Waals surface area contributed by atoms with Crippen LogP contribution >= 0.6 is 0 Å². The number of aromatic nitrogens is 1. The van der Waals surface area contributed by atoms with E-state index in [1.54, 1.807) is 12.3 Å². The third kappa shape index (κ3) is 4.54. The predicted octanol–water partition coefficient (Wildman–Crippen LogP) is 6.40. The van der Waals surface area contributed by atoms with Crippen molar-refractivity contribution >= 4 is 5.97 Å². The van der Waals surface area contributed by atoms with Gasteiger partial charge in [-0.2, -0.15) is 0 Å². The Bertz CT molecular complexity index is 1260. The average Bonchev–Trinajstić information content (AvgIpc) is 2.83.